The number of amidine groups is 1. The molecule has 2 heterocycles. The molecule has 122 valence electrons. The summed E-state index contributed by atoms with van der Waals surface area (Å²) in [6, 6.07) is 3.54. The summed E-state index contributed by atoms with van der Waals surface area (Å²) in [5, 5.41) is 2.67. The predicted octanol–water partition coefficient (Wildman–Crippen LogP) is 2.28. The summed E-state index contributed by atoms with van der Waals surface area (Å²) in [6.07, 6.45) is 5.25. The number of aliphatic imine (C=N–C) groups is 1. The van der Waals surface area contributed by atoms with Crippen LogP contribution in [0.3, 0.4) is 0 Å². The molecule has 0 saturated carbocycles. The zero-order chi connectivity index (χ0) is 15.8. The minimum absolute atomic E-state index is 0.0503. The van der Waals surface area contributed by atoms with E-state index >= 15 is 0 Å². The van der Waals surface area contributed by atoms with Crippen molar-refractivity contribution in [1.29, 1.82) is 0 Å². The molecule has 6 heteroatoms. The average molecular weight is 307 g/mol. The van der Waals surface area contributed by atoms with E-state index in [1.807, 2.05) is 13.8 Å². The van der Waals surface area contributed by atoms with Gasteiger partial charge in [-0.2, -0.15) is 0 Å². The molecule has 1 aliphatic rings. The standard InChI is InChI=1S/C16H25N3O3/c1-13(2)22-16(18-15(20)14-7-6-12-21-14)17-8-11-19-9-4-3-5-10-19/h6-7,12-13H,3-5,8-11H2,1-2H3,(H,17,18,20). The molecule has 0 spiro atoms. The van der Waals surface area contributed by atoms with E-state index in [9.17, 15) is 4.79 Å². The van der Waals surface area contributed by atoms with Crippen LogP contribution in [0.5, 0.6) is 0 Å². The molecule has 22 heavy (non-hydrogen) atoms. The van der Waals surface area contributed by atoms with Gasteiger partial charge >= 0.3 is 0 Å². The number of ether oxygens (including phenoxy) is 1. The van der Waals surface area contributed by atoms with Crippen molar-refractivity contribution in [3.05, 3.63) is 24.2 Å². The lowest BCUT2D eigenvalue weighted by Gasteiger charge is -2.25. The lowest BCUT2D eigenvalue weighted by Crippen LogP contribution is -2.36. The van der Waals surface area contributed by atoms with Crippen LogP contribution >= 0.6 is 0 Å². The molecule has 0 unspecified atom stereocenters. The Kier molecular flexibility index (Phi) is 6.45. The van der Waals surface area contributed by atoms with E-state index in [-0.39, 0.29) is 23.8 Å². The van der Waals surface area contributed by atoms with E-state index in [4.69, 9.17) is 9.15 Å². The Morgan fingerprint density at radius 3 is 2.82 bits per heavy atom. The number of nitrogens with zero attached hydrogens (tertiary/aromatic N) is 2. The Morgan fingerprint density at radius 2 is 2.18 bits per heavy atom. The highest BCUT2D eigenvalue weighted by Gasteiger charge is 2.14. The summed E-state index contributed by atoms with van der Waals surface area (Å²) >= 11 is 0. The molecule has 2 rings (SSSR count). The number of rotatable bonds is 5. The third-order valence-electron chi connectivity index (χ3n) is 3.43. The van der Waals surface area contributed by atoms with Crippen molar-refractivity contribution in [3.8, 4) is 0 Å². The van der Waals surface area contributed by atoms with Crippen LogP contribution in [-0.2, 0) is 4.74 Å². The number of carbonyl (C=O) groups is 1. The average Bonchev–Trinajstić information content (AvgIpc) is 3.02. The zero-order valence-electron chi connectivity index (χ0n) is 13.4. The molecule has 0 aliphatic carbocycles. The molecule has 0 aromatic carbocycles. The molecular formula is C16H25N3O3. The van der Waals surface area contributed by atoms with Gasteiger partial charge in [0.15, 0.2) is 5.76 Å². The minimum Gasteiger partial charge on any atom is -0.462 e. The summed E-state index contributed by atoms with van der Waals surface area (Å²) in [6.45, 7) is 7.57. The van der Waals surface area contributed by atoms with E-state index in [0.717, 1.165) is 19.6 Å². The van der Waals surface area contributed by atoms with E-state index < -0.39 is 0 Å². The second kappa shape index (κ2) is 8.58. The maximum absolute atomic E-state index is 12.0. The minimum atomic E-state index is -0.345. The second-order valence-electron chi connectivity index (χ2n) is 5.69. The Balaban J connectivity index is 1.87. The maximum Gasteiger partial charge on any atom is 0.294 e. The molecular weight excluding hydrogens is 282 g/mol. The van der Waals surface area contributed by atoms with Gasteiger partial charge in [-0.1, -0.05) is 6.42 Å². The summed E-state index contributed by atoms with van der Waals surface area (Å²) in [5.74, 6) is -0.0986. The molecule has 1 N–H and O–H groups in total. The Labute approximate surface area is 131 Å². The first kappa shape index (κ1) is 16.5. The van der Waals surface area contributed by atoms with Gasteiger partial charge in [-0.05, 0) is 51.9 Å². The van der Waals surface area contributed by atoms with E-state index in [0.29, 0.717) is 6.54 Å². The van der Waals surface area contributed by atoms with Crippen molar-refractivity contribution in [3.63, 3.8) is 0 Å². The Hall–Kier alpha value is -1.82. The summed E-state index contributed by atoms with van der Waals surface area (Å²) in [7, 11) is 0. The number of likely N-dealkylation sites (tertiary alicyclic amines) is 1. The number of nitrogens with one attached hydrogen (secondary N) is 1. The van der Waals surface area contributed by atoms with Crippen LogP contribution in [0.2, 0.25) is 0 Å². The fourth-order valence-corrected chi connectivity index (χ4v) is 2.37. The first-order chi connectivity index (χ1) is 10.6. The van der Waals surface area contributed by atoms with E-state index in [1.54, 1.807) is 12.1 Å². The van der Waals surface area contributed by atoms with Gasteiger partial charge in [0.1, 0.15) is 0 Å². The molecule has 0 atom stereocenters. The monoisotopic (exact) mass is 307 g/mol. The lowest BCUT2D eigenvalue weighted by atomic mass is 10.1. The molecule has 1 aromatic heterocycles. The van der Waals surface area contributed by atoms with Crippen LogP contribution < -0.4 is 5.32 Å². The van der Waals surface area contributed by atoms with Gasteiger partial charge in [-0.25, -0.2) is 4.99 Å². The van der Waals surface area contributed by atoms with Crippen LogP contribution in [0, 0.1) is 0 Å². The molecule has 6 nitrogen and oxygen atoms in total. The molecule has 1 aliphatic heterocycles. The lowest BCUT2D eigenvalue weighted by molar-refractivity contribution is 0.0932. The molecule has 1 fully saturated rings. The van der Waals surface area contributed by atoms with E-state index in [1.165, 1.54) is 25.5 Å². The molecule has 0 radical (unpaired) electrons. The smallest absolute Gasteiger partial charge is 0.294 e. The third kappa shape index (κ3) is 5.52. The van der Waals surface area contributed by atoms with Crippen LogP contribution in [0.1, 0.15) is 43.7 Å². The number of carbonyl (C=O) groups excluding carboxylic acids is 1. The van der Waals surface area contributed by atoms with Crippen molar-refractivity contribution < 1.29 is 13.9 Å². The molecule has 1 saturated heterocycles. The fourth-order valence-electron chi connectivity index (χ4n) is 2.37. The number of piperidine rings is 1. The van der Waals surface area contributed by atoms with Gasteiger partial charge in [-0.3, -0.25) is 10.1 Å². The topological polar surface area (TPSA) is 67.1 Å². The van der Waals surface area contributed by atoms with Crippen LogP contribution in [0.15, 0.2) is 27.8 Å². The van der Waals surface area contributed by atoms with Crippen molar-refractivity contribution in [2.75, 3.05) is 26.2 Å². The van der Waals surface area contributed by atoms with Crippen molar-refractivity contribution in [2.45, 2.75) is 39.2 Å². The van der Waals surface area contributed by atoms with Crippen molar-refractivity contribution in [2.24, 2.45) is 4.99 Å². The molecule has 1 amide bonds. The highest BCUT2D eigenvalue weighted by Crippen LogP contribution is 2.07. The molecule has 1 aromatic rings. The number of furan rings is 1. The zero-order valence-corrected chi connectivity index (χ0v) is 13.4. The highest BCUT2D eigenvalue weighted by atomic mass is 16.5. The van der Waals surface area contributed by atoms with Crippen LogP contribution in [0.25, 0.3) is 0 Å². The summed E-state index contributed by atoms with van der Waals surface area (Å²) in [4.78, 5) is 18.8. The quantitative estimate of drug-likeness (QED) is 0.669. The third-order valence-corrected chi connectivity index (χ3v) is 3.43. The van der Waals surface area contributed by atoms with Gasteiger partial charge in [0.05, 0.1) is 18.9 Å². The Bertz CT molecular complexity index is 477. The summed E-state index contributed by atoms with van der Waals surface area (Å²) < 4.78 is 10.6. The maximum atomic E-state index is 12.0. The predicted molar refractivity (Wildman–Crippen MR) is 85.0 cm³/mol. The van der Waals surface area contributed by atoms with E-state index in [2.05, 4.69) is 15.2 Å². The second-order valence-corrected chi connectivity index (χ2v) is 5.69. The van der Waals surface area contributed by atoms with Gasteiger partial charge in [-0.15, -0.1) is 0 Å². The first-order valence-corrected chi connectivity index (χ1v) is 7.93. The Morgan fingerprint density at radius 1 is 1.41 bits per heavy atom. The number of amides is 1. The number of hydrogen-bond acceptors (Lipinski definition) is 5. The SMILES string of the molecule is CC(C)OC(=NCCN1CCCCC1)NC(=O)c1ccco1. The van der Waals surface area contributed by atoms with Gasteiger partial charge in [0.25, 0.3) is 11.9 Å². The van der Waals surface area contributed by atoms with Gasteiger partial charge < -0.3 is 14.1 Å². The van der Waals surface area contributed by atoms with Gasteiger partial charge in [0, 0.05) is 6.54 Å². The fraction of sp³-hybridized carbons (Fsp3) is 0.625. The largest absolute Gasteiger partial charge is 0.462 e. The van der Waals surface area contributed by atoms with Crippen molar-refractivity contribution in [1.82, 2.24) is 10.2 Å². The highest BCUT2D eigenvalue weighted by molar-refractivity contribution is 6.02. The van der Waals surface area contributed by atoms with Crippen molar-refractivity contribution >= 4 is 11.9 Å². The van der Waals surface area contributed by atoms with Gasteiger partial charge in [0.2, 0.25) is 0 Å². The van der Waals surface area contributed by atoms with Crippen LogP contribution in [0.4, 0.5) is 0 Å². The van der Waals surface area contributed by atoms with Crippen LogP contribution in [-0.4, -0.2) is 49.1 Å². The first-order valence-electron chi connectivity index (χ1n) is 7.93. The number of hydrogen-bond donors (Lipinski definition) is 1. The normalized spacial score (nSPS) is 16.8. The summed E-state index contributed by atoms with van der Waals surface area (Å²) in [5.41, 5.74) is 0. The molecule has 0 bridgehead atoms.